The lowest BCUT2D eigenvalue weighted by Gasteiger charge is -2.20. The number of allylic oxidation sites excluding steroid dienone is 1. The van der Waals surface area contributed by atoms with E-state index < -0.39 is 0 Å². The Hall–Kier alpha value is -2.70. The monoisotopic (exact) mass is 400 g/mol. The Morgan fingerprint density at radius 1 is 1.15 bits per heavy atom. The molecule has 1 aliphatic heterocycles. The number of hydrogen-bond donors (Lipinski definition) is 3. The highest BCUT2D eigenvalue weighted by atomic mass is 35.5. The van der Waals surface area contributed by atoms with Crippen LogP contribution in [0.2, 0.25) is 10.0 Å². The number of hydrogen-bond acceptors (Lipinski definition) is 5. The SMILES string of the molecule is C=C1CCCN1c1ccc(-c2c(Cl)cc(Nc3n[nH]c(N)n3)cc2Cl)cc1. The van der Waals surface area contributed by atoms with Crippen molar-refractivity contribution in [1.29, 1.82) is 0 Å². The zero-order valence-electron chi connectivity index (χ0n) is 14.5. The number of nitrogens with zero attached hydrogens (tertiary/aromatic N) is 3. The molecule has 3 aromatic rings. The number of benzene rings is 2. The van der Waals surface area contributed by atoms with E-state index in [0.29, 0.717) is 21.7 Å². The Bertz CT molecular complexity index is 973. The molecule has 138 valence electrons. The van der Waals surface area contributed by atoms with Gasteiger partial charge >= 0.3 is 0 Å². The van der Waals surface area contributed by atoms with Crippen molar-refractivity contribution in [3.63, 3.8) is 0 Å². The second-order valence-corrected chi connectivity index (χ2v) is 7.17. The van der Waals surface area contributed by atoms with Crippen molar-refractivity contribution < 1.29 is 0 Å². The maximum Gasteiger partial charge on any atom is 0.248 e. The van der Waals surface area contributed by atoms with Gasteiger partial charge in [0.05, 0.1) is 10.0 Å². The van der Waals surface area contributed by atoms with Crippen molar-refractivity contribution >= 4 is 46.5 Å². The van der Waals surface area contributed by atoms with Gasteiger partial charge in [-0.15, -0.1) is 5.10 Å². The molecule has 1 fully saturated rings. The van der Waals surface area contributed by atoms with Gasteiger partial charge in [0.25, 0.3) is 0 Å². The molecule has 27 heavy (non-hydrogen) atoms. The van der Waals surface area contributed by atoms with Crippen molar-refractivity contribution in [2.45, 2.75) is 12.8 Å². The Balaban J connectivity index is 1.60. The fourth-order valence-corrected chi connectivity index (χ4v) is 3.94. The van der Waals surface area contributed by atoms with E-state index in [0.717, 1.165) is 41.9 Å². The molecule has 0 bridgehead atoms. The lowest BCUT2D eigenvalue weighted by Crippen LogP contribution is -2.14. The summed E-state index contributed by atoms with van der Waals surface area (Å²) >= 11 is 13.0. The summed E-state index contributed by atoms with van der Waals surface area (Å²) in [6.45, 7) is 5.13. The number of anilines is 4. The molecular formula is C19H18Cl2N6. The number of aromatic nitrogens is 3. The van der Waals surface area contributed by atoms with Crippen LogP contribution in [0.3, 0.4) is 0 Å². The fourth-order valence-electron chi connectivity index (χ4n) is 3.23. The van der Waals surface area contributed by atoms with E-state index in [4.69, 9.17) is 28.9 Å². The summed E-state index contributed by atoms with van der Waals surface area (Å²) < 4.78 is 0. The molecule has 6 nitrogen and oxygen atoms in total. The second-order valence-electron chi connectivity index (χ2n) is 6.35. The molecule has 0 spiro atoms. The van der Waals surface area contributed by atoms with Crippen molar-refractivity contribution in [2.75, 3.05) is 22.5 Å². The maximum absolute atomic E-state index is 6.51. The molecule has 2 heterocycles. The molecular weight excluding hydrogens is 383 g/mol. The Morgan fingerprint density at radius 2 is 1.85 bits per heavy atom. The molecule has 4 rings (SSSR count). The van der Waals surface area contributed by atoms with Crippen molar-refractivity contribution in [3.05, 3.63) is 58.7 Å². The first kappa shape index (κ1) is 17.7. The summed E-state index contributed by atoms with van der Waals surface area (Å²) in [4.78, 5) is 6.24. The highest BCUT2D eigenvalue weighted by Gasteiger charge is 2.17. The predicted octanol–water partition coefficient (Wildman–Crippen LogP) is 5.22. The first-order valence-corrected chi connectivity index (χ1v) is 9.26. The predicted molar refractivity (Wildman–Crippen MR) is 112 cm³/mol. The molecule has 2 aromatic carbocycles. The third-order valence-electron chi connectivity index (χ3n) is 4.50. The minimum Gasteiger partial charge on any atom is -0.368 e. The lowest BCUT2D eigenvalue weighted by molar-refractivity contribution is 0.956. The largest absolute Gasteiger partial charge is 0.368 e. The quantitative estimate of drug-likeness (QED) is 0.559. The number of halogens is 2. The first-order chi connectivity index (χ1) is 13.0. The Morgan fingerprint density at radius 3 is 2.41 bits per heavy atom. The van der Waals surface area contributed by atoms with E-state index in [1.165, 1.54) is 0 Å². The lowest BCUT2D eigenvalue weighted by atomic mass is 10.0. The summed E-state index contributed by atoms with van der Waals surface area (Å²) in [5, 5.41) is 10.6. The van der Waals surface area contributed by atoms with Crippen LogP contribution in [0.5, 0.6) is 0 Å². The summed E-state index contributed by atoms with van der Waals surface area (Å²) in [5.41, 5.74) is 10.2. The molecule has 0 unspecified atom stereocenters. The van der Waals surface area contributed by atoms with Crippen LogP contribution in [0.4, 0.5) is 23.3 Å². The van der Waals surface area contributed by atoms with Gasteiger partial charge in [-0.25, -0.2) is 5.10 Å². The number of nitrogens with one attached hydrogen (secondary N) is 2. The molecule has 8 heteroatoms. The molecule has 0 saturated carbocycles. The summed E-state index contributed by atoms with van der Waals surface area (Å²) in [5.74, 6) is 0.578. The number of nitrogen functional groups attached to an aromatic ring is 1. The second kappa shape index (κ2) is 7.13. The van der Waals surface area contributed by atoms with Crippen LogP contribution in [0.15, 0.2) is 48.7 Å². The number of aromatic amines is 1. The number of H-pyrrole nitrogens is 1. The Labute approximate surface area is 167 Å². The van der Waals surface area contributed by atoms with E-state index in [-0.39, 0.29) is 5.95 Å². The van der Waals surface area contributed by atoms with Crippen LogP contribution in [0.25, 0.3) is 11.1 Å². The highest BCUT2D eigenvalue weighted by Crippen LogP contribution is 2.39. The van der Waals surface area contributed by atoms with Crippen molar-refractivity contribution in [3.8, 4) is 11.1 Å². The van der Waals surface area contributed by atoms with E-state index in [2.05, 4.69) is 44.1 Å². The average molecular weight is 401 g/mol. The zero-order chi connectivity index (χ0) is 19.0. The normalized spacial score (nSPS) is 14.0. The summed E-state index contributed by atoms with van der Waals surface area (Å²) in [7, 11) is 0. The van der Waals surface area contributed by atoms with Gasteiger partial charge in [-0.2, -0.15) is 4.98 Å². The molecule has 0 atom stereocenters. The maximum atomic E-state index is 6.51. The van der Waals surface area contributed by atoms with Crippen LogP contribution in [-0.4, -0.2) is 21.7 Å². The summed E-state index contributed by atoms with van der Waals surface area (Å²) in [6, 6.07) is 11.8. The van der Waals surface area contributed by atoms with Crippen LogP contribution in [-0.2, 0) is 0 Å². The summed E-state index contributed by atoms with van der Waals surface area (Å²) in [6.07, 6.45) is 2.19. The molecule has 1 aliphatic rings. The minimum absolute atomic E-state index is 0.229. The van der Waals surface area contributed by atoms with Crippen LogP contribution < -0.4 is 16.0 Å². The standard InChI is InChI=1S/C19H18Cl2N6/c1-11-3-2-8-27(11)14-6-4-12(5-7-14)17-15(20)9-13(10-16(17)21)23-19-24-18(22)25-26-19/h4-7,9-10H,1-3,8H2,(H4,22,23,24,25,26). The zero-order valence-corrected chi connectivity index (χ0v) is 16.0. The van der Waals surface area contributed by atoms with Gasteiger partial charge in [0.15, 0.2) is 0 Å². The molecule has 1 aromatic heterocycles. The minimum atomic E-state index is 0.229. The van der Waals surface area contributed by atoms with Gasteiger partial charge in [-0.05, 0) is 42.7 Å². The van der Waals surface area contributed by atoms with E-state index >= 15 is 0 Å². The fraction of sp³-hybridized carbons (Fsp3) is 0.158. The molecule has 0 aliphatic carbocycles. The molecule has 0 radical (unpaired) electrons. The van der Waals surface area contributed by atoms with E-state index in [9.17, 15) is 0 Å². The highest BCUT2D eigenvalue weighted by molar-refractivity contribution is 6.39. The van der Waals surface area contributed by atoms with Gasteiger partial charge in [-0.1, -0.05) is 41.9 Å². The van der Waals surface area contributed by atoms with Crippen molar-refractivity contribution in [1.82, 2.24) is 15.2 Å². The van der Waals surface area contributed by atoms with Crippen LogP contribution >= 0.6 is 23.2 Å². The topological polar surface area (TPSA) is 82.9 Å². The molecule has 4 N–H and O–H groups in total. The van der Waals surface area contributed by atoms with Crippen LogP contribution in [0.1, 0.15) is 12.8 Å². The first-order valence-electron chi connectivity index (χ1n) is 8.51. The van der Waals surface area contributed by atoms with E-state index in [1.54, 1.807) is 12.1 Å². The van der Waals surface area contributed by atoms with E-state index in [1.807, 2.05) is 12.1 Å². The third kappa shape index (κ3) is 3.59. The van der Waals surface area contributed by atoms with Gasteiger partial charge in [0.2, 0.25) is 11.9 Å². The third-order valence-corrected chi connectivity index (χ3v) is 5.09. The van der Waals surface area contributed by atoms with Gasteiger partial charge in [0.1, 0.15) is 0 Å². The van der Waals surface area contributed by atoms with Crippen LogP contribution in [0, 0.1) is 0 Å². The number of rotatable bonds is 4. The van der Waals surface area contributed by atoms with Gasteiger partial charge < -0.3 is 16.0 Å². The van der Waals surface area contributed by atoms with Gasteiger partial charge in [0, 0.05) is 29.2 Å². The smallest absolute Gasteiger partial charge is 0.248 e. The average Bonchev–Trinajstić information content (AvgIpc) is 3.23. The Kier molecular flexibility index (Phi) is 4.68. The van der Waals surface area contributed by atoms with Crippen molar-refractivity contribution in [2.24, 2.45) is 0 Å². The molecule has 1 saturated heterocycles. The van der Waals surface area contributed by atoms with Gasteiger partial charge in [-0.3, -0.25) is 0 Å². The number of nitrogens with two attached hydrogens (primary N) is 1. The molecule has 0 amide bonds.